The van der Waals surface area contributed by atoms with Crippen LogP contribution in [0.2, 0.25) is 0 Å². The van der Waals surface area contributed by atoms with Crippen LogP contribution in [0.25, 0.3) is 0 Å². The van der Waals surface area contributed by atoms with Gasteiger partial charge in [0.2, 0.25) is 11.1 Å². The molecule has 1 aromatic heterocycles. The third kappa shape index (κ3) is 6.62. The van der Waals surface area contributed by atoms with Crippen molar-refractivity contribution in [1.82, 2.24) is 20.5 Å². The number of hydrogen-bond donors (Lipinski definition) is 3. The number of thioether (sulfide) groups is 1. The first-order valence-electron chi connectivity index (χ1n) is 10.2. The van der Waals surface area contributed by atoms with Gasteiger partial charge in [-0.15, -0.1) is 5.10 Å². The van der Waals surface area contributed by atoms with Gasteiger partial charge in [-0.25, -0.2) is 4.98 Å². The Kier molecular flexibility index (Phi) is 7.78. The van der Waals surface area contributed by atoms with Crippen molar-refractivity contribution in [3.05, 3.63) is 75.6 Å². The number of nitrogens with one attached hydrogen (secondary N) is 3. The Bertz CT molecular complexity index is 1150. The standard InChI is InChI=1S/C22H24N6O4S/c1-13(2)19(24-21(30)15-5-4-6-17(11-15)28(31)32)20-25-22(27-26-20)33-12-18(29)23-16-9-7-14(3)8-10-16/h4-11,13,19H,12H2,1-3H3,(H,23,29)(H,24,30)(H,25,26,27)/t19-/m1/s1. The first-order valence-corrected chi connectivity index (χ1v) is 11.2. The van der Waals surface area contributed by atoms with E-state index in [0.717, 1.165) is 5.56 Å². The highest BCUT2D eigenvalue weighted by Gasteiger charge is 2.24. The number of aryl methyl sites for hydroxylation is 1. The third-order valence-electron chi connectivity index (χ3n) is 4.72. The summed E-state index contributed by atoms with van der Waals surface area (Å²) in [5.74, 6) is -0.124. The van der Waals surface area contributed by atoms with E-state index >= 15 is 0 Å². The molecule has 2 amide bonds. The van der Waals surface area contributed by atoms with E-state index in [1.165, 1.54) is 36.0 Å². The van der Waals surface area contributed by atoms with Crippen LogP contribution in [-0.4, -0.2) is 37.7 Å². The lowest BCUT2D eigenvalue weighted by Gasteiger charge is -2.19. The van der Waals surface area contributed by atoms with E-state index in [9.17, 15) is 19.7 Å². The first kappa shape index (κ1) is 23.9. The number of hydrogen-bond acceptors (Lipinski definition) is 7. The van der Waals surface area contributed by atoms with Gasteiger partial charge in [0.25, 0.3) is 11.6 Å². The number of carbonyl (C=O) groups is 2. The molecule has 3 rings (SSSR count). The van der Waals surface area contributed by atoms with Crippen LogP contribution in [0.5, 0.6) is 0 Å². The molecule has 0 aliphatic heterocycles. The van der Waals surface area contributed by atoms with Gasteiger partial charge in [-0.2, -0.15) is 0 Å². The Hall–Kier alpha value is -3.73. The van der Waals surface area contributed by atoms with Crippen LogP contribution in [0.1, 0.15) is 41.6 Å². The number of rotatable bonds is 9. The molecular weight excluding hydrogens is 444 g/mol. The number of benzene rings is 2. The lowest BCUT2D eigenvalue weighted by atomic mass is 10.0. The number of nitro benzene ring substituents is 1. The van der Waals surface area contributed by atoms with E-state index in [1.54, 1.807) is 0 Å². The zero-order chi connectivity index (χ0) is 24.0. The Morgan fingerprint density at radius 2 is 1.91 bits per heavy atom. The second-order valence-electron chi connectivity index (χ2n) is 7.71. The van der Waals surface area contributed by atoms with E-state index in [1.807, 2.05) is 45.0 Å². The number of H-pyrrole nitrogens is 1. The van der Waals surface area contributed by atoms with Crippen molar-refractivity contribution >= 4 is 35.0 Å². The molecule has 11 heteroatoms. The summed E-state index contributed by atoms with van der Waals surface area (Å²) in [5.41, 5.74) is 1.83. The van der Waals surface area contributed by atoms with Gasteiger partial charge in [0.15, 0.2) is 0 Å². The monoisotopic (exact) mass is 468 g/mol. The van der Waals surface area contributed by atoms with E-state index in [-0.39, 0.29) is 28.8 Å². The molecule has 3 N–H and O–H groups in total. The van der Waals surface area contributed by atoms with Crippen molar-refractivity contribution in [2.24, 2.45) is 5.92 Å². The van der Waals surface area contributed by atoms with E-state index in [2.05, 4.69) is 25.8 Å². The molecule has 1 heterocycles. The van der Waals surface area contributed by atoms with Crippen molar-refractivity contribution < 1.29 is 14.5 Å². The van der Waals surface area contributed by atoms with E-state index < -0.39 is 16.9 Å². The molecule has 0 saturated carbocycles. The Labute approximate surface area is 194 Å². The van der Waals surface area contributed by atoms with Crippen LogP contribution < -0.4 is 10.6 Å². The van der Waals surface area contributed by atoms with Crippen LogP contribution in [0.15, 0.2) is 53.7 Å². The summed E-state index contributed by atoms with van der Waals surface area (Å²) in [4.78, 5) is 39.7. The van der Waals surface area contributed by atoms with Crippen molar-refractivity contribution in [1.29, 1.82) is 0 Å². The molecular formula is C22H24N6O4S. The Morgan fingerprint density at radius 1 is 1.18 bits per heavy atom. The van der Waals surface area contributed by atoms with E-state index in [4.69, 9.17) is 0 Å². The molecule has 0 unspecified atom stereocenters. The normalized spacial score (nSPS) is 11.8. The fourth-order valence-corrected chi connectivity index (χ4v) is 3.57. The average molecular weight is 469 g/mol. The zero-order valence-corrected chi connectivity index (χ0v) is 19.2. The van der Waals surface area contributed by atoms with Gasteiger partial charge in [-0.1, -0.05) is 49.4 Å². The SMILES string of the molecule is Cc1ccc(NC(=O)CSc2n[nH]c([C@H](NC(=O)c3cccc([N+](=O)[O-])c3)C(C)C)n2)cc1. The maximum Gasteiger partial charge on any atom is 0.270 e. The molecule has 2 aromatic carbocycles. The highest BCUT2D eigenvalue weighted by atomic mass is 32.2. The molecule has 3 aromatic rings. The van der Waals surface area contributed by atoms with Gasteiger partial charge in [-0.05, 0) is 31.0 Å². The molecule has 33 heavy (non-hydrogen) atoms. The molecule has 0 aliphatic rings. The predicted octanol–water partition coefficient (Wildman–Crippen LogP) is 3.88. The molecule has 1 atom stereocenters. The highest BCUT2D eigenvalue weighted by Crippen LogP contribution is 2.22. The van der Waals surface area contributed by atoms with Crippen LogP contribution in [0.4, 0.5) is 11.4 Å². The molecule has 0 spiro atoms. The third-order valence-corrected chi connectivity index (χ3v) is 5.56. The van der Waals surface area contributed by atoms with Crippen molar-refractivity contribution in [2.75, 3.05) is 11.1 Å². The molecule has 0 aliphatic carbocycles. The highest BCUT2D eigenvalue weighted by molar-refractivity contribution is 7.99. The minimum atomic E-state index is -0.550. The quantitative estimate of drug-likeness (QED) is 0.246. The van der Waals surface area contributed by atoms with Gasteiger partial charge in [0.1, 0.15) is 5.82 Å². The summed E-state index contributed by atoms with van der Waals surface area (Å²) in [7, 11) is 0. The summed E-state index contributed by atoms with van der Waals surface area (Å²) in [6.45, 7) is 5.78. The topological polar surface area (TPSA) is 143 Å². The largest absolute Gasteiger partial charge is 0.342 e. The summed E-state index contributed by atoms with van der Waals surface area (Å²) in [6, 6.07) is 12.5. The smallest absolute Gasteiger partial charge is 0.270 e. The van der Waals surface area contributed by atoms with Gasteiger partial charge in [0.05, 0.1) is 16.7 Å². The molecule has 172 valence electrons. The van der Waals surface area contributed by atoms with Gasteiger partial charge in [-0.3, -0.25) is 24.8 Å². The number of aromatic amines is 1. The minimum Gasteiger partial charge on any atom is -0.342 e. The van der Waals surface area contributed by atoms with E-state index in [0.29, 0.717) is 16.7 Å². The summed E-state index contributed by atoms with van der Waals surface area (Å²) in [5, 5.41) is 24.0. The minimum absolute atomic E-state index is 0.0386. The van der Waals surface area contributed by atoms with Crippen molar-refractivity contribution in [3.63, 3.8) is 0 Å². The second kappa shape index (κ2) is 10.7. The number of anilines is 1. The molecule has 0 radical (unpaired) electrons. The predicted molar refractivity (Wildman–Crippen MR) is 125 cm³/mol. The van der Waals surface area contributed by atoms with Crippen LogP contribution in [0.3, 0.4) is 0 Å². The number of nitro groups is 1. The molecule has 0 fully saturated rings. The summed E-state index contributed by atoms with van der Waals surface area (Å²) in [6.07, 6.45) is 0. The molecule has 10 nitrogen and oxygen atoms in total. The number of carbonyl (C=O) groups excluding carboxylic acids is 2. The number of non-ortho nitro benzene ring substituents is 1. The fraction of sp³-hybridized carbons (Fsp3) is 0.273. The number of aromatic nitrogens is 3. The first-order chi connectivity index (χ1) is 15.7. The van der Waals surface area contributed by atoms with Crippen molar-refractivity contribution in [2.45, 2.75) is 32.0 Å². The molecule has 0 bridgehead atoms. The van der Waals surface area contributed by atoms with Gasteiger partial charge < -0.3 is 10.6 Å². The molecule has 0 saturated heterocycles. The van der Waals surface area contributed by atoms with Gasteiger partial charge in [0, 0.05) is 23.4 Å². The number of amides is 2. The zero-order valence-electron chi connectivity index (χ0n) is 18.4. The summed E-state index contributed by atoms with van der Waals surface area (Å²) < 4.78 is 0. The second-order valence-corrected chi connectivity index (χ2v) is 8.65. The Morgan fingerprint density at radius 3 is 2.58 bits per heavy atom. The lowest BCUT2D eigenvalue weighted by molar-refractivity contribution is -0.384. The van der Waals surface area contributed by atoms with Crippen LogP contribution in [0, 0.1) is 23.0 Å². The lowest BCUT2D eigenvalue weighted by Crippen LogP contribution is -2.32. The summed E-state index contributed by atoms with van der Waals surface area (Å²) >= 11 is 1.17. The number of nitrogens with zero attached hydrogens (tertiary/aromatic N) is 3. The average Bonchev–Trinajstić information content (AvgIpc) is 3.26. The van der Waals surface area contributed by atoms with Crippen molar-refractivity contribution in [3.8, 4) is 0 Å². The van der Waals surface area contributed by atoms with Crippen LogP contribution >= 0.6 is 11.8 Å². The maximum absolute atomic E-state index is 12.7. The Balaban J connectivity index is 1.61. The fourth-order valence-electron chi connectivity index (χ4n) is 2.96. The van der Waals surface area contributed by atoms with Gasteiger partial charge >= 0.3 is 0 Å². The maximum atomic E-state index is 12.7. The van der Waals surface area contributed by atoms with Crippen LogP contribution in [-0.2, 0) is 4.79 Å².